The summed E-state index contributed by atoms with van der Waals surface area (Å²) in [5.41, 5.74) is 8.77. The van der Waals surface area contributed by atoms with E-state index in [4.69, 9.17) is 15.3 Å². The highest BCUT2D eigenvalue weighted by atomic mass is 16.4. The summed E-state index contributed by atoms with van der Waals surface area (Å²) in [6.07, 6.45) is 0.516. The third kappa shape index (κ3) is 3.03. The van der Waals surface area contributed by atoms with Crippen LogP contribution < -0.4 is 10.6 Å². The first-order chi connectivity index (χ1) is 13.0. The lowest BCUT2D eigenvalue weighted by molar-refractivity contribution is 0.203. The van der Waals surface area contributed by atoms with Crippen LogP contribution in [0.1, 0.15) is 5.56 Å². The molecule has 1 aromatic carbocycles. The van der Waals surface area contributed by atoms with Crippen LogP contribution in [-0.4, -0.2) is 43.2 Å². The minimum atomic E-state index is -1.03. The summed E-state index contributed by atoms with van der Waals surface area (Å²) < 4.78 is 7.00. The molecule has 0 aliphatic carbocycles. The van der Waals surface area contributed by atoms with Gasteiger partial charge in [0.1, 0.15) is 5.69 Å². The maximum Gasteiger partial charge on any atom is 0.411 e. The van der Waals surface area contributed by atoms with Gasteiger partial charge in [-0.05, 0) is 29.8 Å². The van der Waals surface area contributed by atoms with Crippen LogP contribution in [0, 0.1) is 0 Å². The molecule has 0 saturated carbocycles. The molecule has 3 N–H and O–H groups in total. The largest absolute Gasteiger partial charge is 0.465 e. The van der Waals surface area contributed by atoms with Crippen LogP contribution in [0.25, 0.3) is 22.6 Å². The Morgan fingerprint density at radius 3 is 2.70 bits per heavy atom. The molecule has 10 heteroatoms. The lowest BCUT2D eigenvalue weighted by atomic mass is 10.2. The smallest absolute Gasteiger partial charge is 0.411 e. The molecule has 0 spiro atoms. The molecule has 0 bridgehead atoms. The van der Waals surface area contributed by atoms with E-state index in [0.717, 1.165) is 10.5 Å². The van der Waals surface area contributed by atoms with E-state index in [1.54, 1.807) is 35.2 Å². The average molecular weight is 365 g/mol. The summed E-state index contributed by atoms with van der Waals surface area (Å²) in [5.74, 6) is 0.623. The summed E-state index contributed by atoms with van der Waals surface area (Å²) in [5, 5.41) is 17.3. The predicted molar refractivity (Wildman–Crippen MR) is 97.2 cm³/mol. The maximum atomic E-state index is 11.0. The fourth-order valence-electron chi connectivity index (χ4n) is 2.67. The zero-order valence-corrected chi connectivity index (χ0v) is 14.3. The number of amides is 1. The minimum Gasteiger partial charge on any atom is -0.465 e. The van der Waals surface area contributed by atoms with Crippen LogP contribution >= 0.6 is 0 Å². The Kier molecular flexibility index (Phi) is 3.92. The molecule has 0 atom stereocenters. The Hall–Kier alpha value is -3.95. The maximum absolute atomic E-state index is 11.0. The molecule has 0 unspecified atom stereocenters. The van der Waals surface area contributed by atoms with Crippen molar-refractivity contribution in [2.45, 2.75) is 6.54 Å². The summed E-state index contributed by atoms with van der Waals surface area (Å²) >= 11 is 0. The molecule has 4 rings (SSSR count). The van der Waals surface area contributed by atoms with Gasteiger partial charge < -0.3 is 15.3 Å². The second kappa shape index (κ2) is 6.41. The van der Waals surface area contributed by atoms with Crippen molar-refractivity contribution in [2.24, 2.45) is 0 Å². The Balaban J connectivity index is 1.68. The molecule has 1 amide bonds. The van der Waals surface area contributed by atoms with Gasteiger partial charge in [-0.1, -0.05) is 17.3 Å². The number of nitrogens with two attached hydrogens (primary N) is 1. The molecule has 0 aliphatic rings. The van der Waals surface area contributed by atoms with E-state index in [1.165, 1.54) is 7.05 Å². The number of benzene rings is 1. The molecule has 4 aromatic rings. The van der Waals surface area contributed by atoms with Gasteiger partial charge in [-0.15, -0.1) is 5.10 Å². The zero-order valence-electron chi connectivity index (χ0n) is 14.3. The number of nitrogen functional groups attached to an aromatic ring is 1. The Bertz CT molecular complexity index is 1100. The molecule has 10 nitrogen and oxygen atoms in total. The Labute approximate surface area is 152 Å². The van der Waals surface area contributed by atoms with Gasteiger partial charge in [0, 0.05) is 12.7 Å². The number of hydrogen-bond donors (Lipinski definition) is 2. The summed E-state index contributed by atoms with van der Waals surface area (Å²) in [6.45, 7) is 0.390. The number of hydrogen-bond acceptors (Lipinski definition) is 7. The predicted octanol–water partition coefficient (Wildman–Crippen LogP) is 2.23. The van der Waals surface area contributed by atoms with Crippen LogP contribution in [0.4, 0.5) is 16.4 Å². The number of nitrogens with zero attached hydrogens (tertiary/aromatic N) is 6. The van der Waals surface area contributed by atoms with E-state index >= 15 is 0 Å². The highest BCUT2D eigenvalue weighted by molar-refractivity contribution is 5.86. The summed E-state index contributed by atoms with van der Waals surface area (Å²) in [6, 6.07) is 10.6. The van der Waals surface area contributed by atoms with Gasteiger partial charge in [0.2, 0.25) is 5.95 Å². The van der Waals surface area contributed by atoms with Gasteiger partial charge >= 0.3 is 6.09 Å². The molecule has 3 aromatic heterocycles. The number of carbonyl (C=O) groups is 1. The third-order valence-corrected chi connectivity index (χ3v) is 4.08. The van der Waals surface area contributed by atoms with Crippen molar-refractivity contribution in [3.63, 3.8) is 0 Å². The van der Waals surface area contributed by atoms with Crippen molar-refractivity contribution in [2.75, 3.05) is 17.7 Å². The van der Waals surface area contributed by atoms with E-state index in [1.807, 2.05) is 12.1 Å². The van der Waals surface area contributed by atoms with Crippen LogP contribution in [-0.2, 0) is 6.54 Å². The van der Waals surface area contributed by atoms with E-state index in [-0.39, 0.29) is 5.95 Å². The summed E-state index contributed by atoms with van der Waals surface area (Å²) in [4.78, 5) is 20.6. The first-order valence-corrected chi connectivity index (χ1v) is 7.99. The molecule has 0 aliphatic heterocycles. The molecule has 3 heterocycles. The molecular formula is C17H15N7O3. The van der Waals surface area contributed by atoms with E-state index in [2.05, 4.69) is 20.3 Å². The van der Waals surface area contributed by atoms with Gasteiger partial charge in [-0.3, -0.25) is 4.90 Å². The lowest BCUT2D eigenvalue weighted by Crippen LogP contribution is -2.23. The van der Waals surface area contributed by atoms with Gasteiger partial charge in [-0.25, -0.2) is 14.5 Å². The van der Waals surface area contributed by atoms with Gasteiger partial charge in [-0.2, -0.15) is 4.98 Å². The summed E-state index contributed by atoms with van der Waals surface area (Å²) in [7, 11) is 1.48. The third-order valence-electron chi connectivity index (χ3n) is 4.08. The van der Waals surface area contributed by atoms with Crippen molar-refractivity contribution in [3.8, 4) is 11.5 Å². The Morgan fingerprint density at radius 2 is 2.04 bits per heavy atom. The number of rotatable bonds is 4. The number of fused-ring (bicyclic) bond motifs is 1. The average Bonchev–Trinajstić information content (AvgIpc) is 3.32. The number of aromatic nitrogens is 5. The van der Waals surface area contributed by atoms with E-state index < -0.39 is 6.09 Å². The molecule has 27 heavy (non-hydrogen) atoms. The first-order valence-electron chi connectivity index (χ1n) is 7.99. The topological polar surface area (TPSA) is 136 Å². The van der Waals surface area contributed by atoms with Gasteiger partial charge in [0.15, 0.2) is 16.9 Å². The number of furan rings is 1. The van der Waals surface area contributed by atoms with Crippen LogP contribution in [0.3, 0.4) is 0 Å². The fourth-order valence-corrected chi connectivity index (χ4v) is 2.67. The normalized spacial score (nSPS) is 11.0. The van der Waals surface area contributed by atoms with E-state index in [0.29, 0.717) is 34.9 Å². The van der Waals surface area contributed by atoms with Crippen molar-refractivity contribution in [1.29, 1.82) is 0 Å². The molecule has 0 fully saturated rings. The van der Waals surface area contributed by atoms with Gasteiger partial charge in [0.25, 0.3) is 0 Å². The second-order valence-electron chi connectivity index (χ2n) is 5.84. The van der Waals surface area contributed by atoms with Crippen molar-refractivity contribution in [1.82, 2.24) is 25.0 Å². The van der Waals surface area contributed by atoms with Crippen molar-refractivity contribution in [3.05, 3.63) is 48.2 Å². The lowest BCUT2D eigenvalue weighted by Gasteiger charge is -2.13. The number of anilines is 2. The fraction of sp³-hybridized carbons (Fsp3) is 0.118. The van der Waals surface area contributed by atoms with Crippen LogP contribution in [0.15, 0.2) is 47.1 Å². The molecule has 0 radical (unpaired) electrons. The number of carboxylic acid groups (broad SMARTS) is 1. The zero-order chi connectivity index (χ0) is 19.0. The van der Waals surface area contributed by atoms with Gasteiger partial charge in [0.05, 0.1) is 12.8 Å². The quantitative estimate of drug-likeness (QED) is 0.562. The van der Waals surface area contributed by atoms with Crippen LogP contribution in [0.5, 0.6) is 0 Å². The van der Waals surface area contributed by atoms with Crippen LogP contribution in [0.2, 0.25) is 0 Å². The van der Waals surface area contributed by atoms with Crippen molar-refractivity contribution < 1.29 is 14.3 Å². The molecule has 0 saturated heterocycles. The monoisotopic (exact) mass is 365 g/mol. The highest BCUT2D eigenvalue weighted by Gasteiger charge is 2.17. The van der Waals surface area contributed by atoms with Crippen molar-refractivity contribution >= 4 is 28.9 Å². The first kappa shape index (κ1) is 16.5. The SMILES string of the molecule is CN(C(=O)O)c1ccc(Cn2nnc3c(-c4ccco4)nc(N)nc32)cc1. The minimum absolute atomic E-state index is 0.0934. The molecular weight excluding hydrogens is 350 g/mol. The Morgan fingerprint density at radius 1 is 1.26 bits per heavy atom. The second-order valence-corrected chi connectivity index (χ2v) is 5.84. The molecule has 136 valence electrons. The standard InChI is InChI=1S/C17H15N7O3/c1-23(17(25)26)11-6-4-10(5-7-11)9-24-15-14(21-22-24)13(19-16(18)20-15)12-3-2-8-27-12/h2-8H,9H2,1H3,(H,25,26)(H2,18,19,20). The van der Waals surface area contributed by atoms with E-state index in [9.17, 15) is 4.79 Å². The highest BCUT2D eigenvalue weighted by Crippen LogP contribution is 2.25.